The van der Waals surface area contributed by atoms with Gasteiger partial charge in [-0.2, -0.15) is 0 Å². The van der Waals surface area contributed by atoms with E-state index in [1.165, 1.54) is 12.1 Å². The second kappa shape index (κ2) is 12.1. The highest BCUT2D eigenvalue weighted by Crippen LogP contribution is 2.39. The van der Waals surface area contributed by atoms with Crippen LogP contribution in [-0.2, 0) is 0 Å². The zero-order valence-corrected chi connectivity index (χ0v) is 23.2. The maximum Gasteiger partial charge on any atom is 0.326 e. The third-order valence-electron chi connectivity index (χ3n) is 5.41. The minimum absolute atomic E-state index is 0.108. The Labute approximate surface area is 238 Å². The summed E-state index contributed by atoms with van der Waals surface area (Å²) in [6.45, 7) is 3.48. The van der Waals surface area contributed by atoms with Gasteiger partial charge >= 0.3 is 6.03 Å². The normalized spacial score (nSPS) is 10.7. The lowest BCUT2D eigenvalue weighted by molar-refractivity contribution is 0.0963. The number of aryl methyl sites for hydroxylation is 1. The van der Waals surface area contributed by atoms with E-state index in [1.807, 2.05) is 48.5 Å². The molecule has 0 aromatic heterocycles. The highest BCUT2D eigenvalue weighted by atomic mass is 35.5. The summed E-state index contributed by atoms with van der Waals surface area (Å²) in [5.41, 5.74) is 1.11. The Morgan fingerprint density at radius 1 is 0.895 bits per heavy atom. The lowest BCUT2D eigenvalue weighted by Crippen LogP contribution is -2.35. The summed E-state index contributed by atoms with van der Waals surface area (Å²) >= 11 is 20.0. The number of anilines is 1. The number of benzene rings is 4. The van der Waals surface area contributed by atoms with Gasteiger partial charge in [-0.15, -0.1) is 0 Å². The molecule has 4 aromatic rings. The minimum atomic E-state index is -0.969. The Morgan fingerprint density at radius 3 is 2.16 bits per heavy atom. The fourth-order valence-electron chi connectivity index (χ4n) is 3.47. The molecule has 4 rings (SSSR count). The van der Waals surface area contributed by atoms with E-state index in [9.17, 15) is 14.0 Å². The van der Waals surface area contributed by atoms with Crippen molar-refractivity contribution in [2.24, 2.45) is 0 Å². The molecule has 0 saturated carbocycles. The Kier molecular flexibility index (Phi) is 8.84. The first-order valence-electron chi connectivity index (χ1n) is 11.2. The molecule has 10 heteroatoms. The van der Waals surface area contributed by atoms with E-state index in [1.54, 1.807) is 31.7 Å². The molecule has 0 spiro atoms. The molecule has 0 radical (unpaired) electrons. The molecule has 0 atom stereocenters. The van der Waals surface area contributed by atoms with Gasteiger partial charge in [0, 0.05) is 20.5 Å². The van der Waals surface area contributed by atoms with Gasteiger partial charge in [0.05, 0.1) is 15.6 Å². The zero-order valence-electron chi connectivity index (χ0n) is 20.1. The number of amides is 3. The van der Waals surface area contributed by atoms with Crippen molar-refractivity contribution in [2.75, 3.05) is 5.32 Å². The van der Waals surface area contributed by atoms with Gasteiger partial charge in [0.2, 0.25) is 0 Å². The molecule has 2 N–H and O–H groups in total. The maximum atomic E-state index is 14.0. The zero-order chi connectivity index (χ0) is 27.4. The van der Waals surface area contributed by atoms with Crippen LogP contribution in [0.4, 0.5) is 14.9 Å². The van der Waals surface area contributed by atoms with Crippen molar-refractivity contribution in [1.29, 1.82) is 0 Å². The van der Waals surface area contributed by atoms with Crippen LogP contribution >= 0.6 is 46.6 Å². The summed E-state index contributed by atoms with van der Waals surface area (Å²) in [5.74, 6) is -0.789. The topological polar surface area (TPSA) is 67.4 Å². The fraction of sp³-hybridized carbons (Fsp3) is 0.0714. The number of urea groups is 1. The van der Waals surface area contributed by atoms with Crippen LogP contribution in [0.25, 0.3) is 0 Å². The van der Waals surface area contributed by atoms with Gasteiger partial charge in [0.1, 0.15) is 17.3 Å². The highest BCUT2D eigenvalue weighted by Gasteiger charge is 2.20. The number of rotatable bonds is 6. The molecule has 0 heterocycles. The molecule has 0 aliphatic carbocycles. The third kappa shape index (κ3) is 6.60. The van der Waals surface area contributed by atoms with Gasteiger partial charge in [0.25, 0.3) is 5.91 Å². The van der Waals surface area contributed by atoms with E-state index >= 15 is 0 Å². The molecule has 5 nitrogen and oxygen atoms in total. The summed E-state index contributed by atoms with van der Waals surface area (Å²) in [6.07, 6.45) is 0. The molecular weight excluding hydrogens is 570 g/mol. The molecule has 0 fully saturated rings. The Bertz CT molecular complexity index is 1490. The number of imide groups is 1. The van der Waals surface area contributed by atoms with Crippen molar-refractivity contribution >= 4 is 64.2 Å². The van der Waals surface area contributed by atoms with Gasteiger partial charge < -0.3 is 10.1 Å². The lowest BCUT2D eigenvalue weighted by atomic mass is 10.1. The first-order valence-corrected chi connectivity index (χ1v) is 13.1. The van der Waals surface area contributed by atoms with Crippen molar-refractivity contribution in [1.82, 2.24) is 5.32 Å². The number of nitrogens with one attached hydrogen (secondary N) is 2. The second-order valence-corrected chi connectivity index (χ2v) is 10.5. The third-order valence-corrected chi connectivity index (χ3v) is 7.45. The minimum Gasteiger partial charge on any atom is -0.456 e. The smallest absolute Gasteiger partial charge is 0.326 e. The van der Waals surface area contributed by atoms with Crippen molar-refractivity contribution in [3.05, 3.63) is 110 Å². The Hall–Kier alpha value is -3.23. The van der Waals surface area contributed by atoms with Gasteiger partial charge in [-0.25, -0.2) is 9.18 Å². The Morgan fingerprint density at radius 2 is 1.53 bits per heavy atom. The largest absolute Gasteiger partial charge is 0.456 e. The number of hydrogen-bond acceptors (Lipinski definition) is 4. The van der Waals surface area contributed by atoms with Crippen molar-refractivity contribution < 1.29 is 18.7 Å². The van der Waals surface area contributed by atoms with Gasteiger partial charge in [0.15, 0.2) is 0 Å². The fourth-order valence-corrected chi connectivity index (χ4v) is 4.95. The van der Waals surface area contributed by atoms with Crippen LogP contribution in [-0.4, -0.2) is 11.9 Å². The van der Waals surface area contributed by atoms with Crippen molar-refractivity contribution in [2.45, 2.75) is 23.6 Å². The molecule has 3 amide bonds. The predicted molar refractivity (Wildman–Crippen MR) is 151 cm³/mol. The monoisotopic (exact) mass is 588 g/mol. The van der Waals surface area contributed by atoms with Crippen LogP contribution in [0.2, 0.25) is 15.1 Å². The van der Waals surface area contributed by atoms with Crippen molar-refractivity contribution in [3.63, 3.8) is 0 Å². The van der Waals surface area contributed by atoms with E-state index in [-0.39, 0.29) is 5.02 Å². The predicted octanol–water partition coefficient (Wildman–Crippen LogP) is 9.31. The van der Waals surface area contributed by atoms with Crippen LogP contribution in [0.1, 0.15) is 21.5 Å². The molecule has 4 aromatic carbocycles. The first kappa shape index (κ1) is 27.8. The number of halogens is 4. The van der Waals surface area contributed by atoms with E-state index in [2.05, 4.69) is 10.6 Å². The summed E-state index contributed by atoms with van der Waals surface area (Å²) in [4.78, 5) is 26.9. The molecular formula is C28H20Cl3FN2O3S. The number of carbonyl (C=O) groups excluding carboxylic acids is 2. The van der Waals surface area contributed by atoms with E-state index in [0.717, 1.165) is 15.9 Å². The van der Waals surface area contributed by atoms with Gasteiger partial charge in [-0.3, -0.25) is 10.1 Å². The van der Waals surface area contributed by atoms with Crippen LogP contribution in [0.3, 0.4) is 0 Å². The number of hydrogen-bond donors (Lipinski definition) is 2. The molecule has 0 aliphatic rings. The average Bonchev–Trinajstić information content (AvgIpc) is 2.87. The number of ether oxygens (including phenoxy) is 1. The SMILES string of the molecule is Cc1cc(NC(=O)NC(=O)c2c(F)cccc2Cl)c(C)c(Cl)c1Oc1ccc(Sc2ccc(Cl)cc2)cc1. The molecule has 0 bridgehead atoms. The quantitative estimate of drug-likeness (QED) is 0.235. The van der Waals surface area contributed by atoms with E-state index < -0.39 is 23.3 Å². The first-order chi connectivity index (χ1) is 18.1. The molecule has 0 unspecified atom stereocenters. The summed E-state index contributed by atoms with van der Waals surface area (Å²) in [5, 5.41) is 5.52. The molecule has 194 valence electrons. The van der Waals surface area contributed by atoms with Crippen LogP contribution < -0.4 is 15.4 Å². The number of carbonyl (C=O) groups is 2. The molecule has 0 aliphatic heterocycles. The molecule has 38 heavy (non-hydrogen) atoms. The highest BCUT2D eigenvalue weighted by molar-refractivity contribution is 7.99. The standard InChI is InChI=1S/C28H20Cl3FN2O3S/c1-15-14-23(33-28(36)34-27(35)24-21(30)4-3-5-22(24)32)16(2)25(31)26(15)37-18-8-12-20(13-9-18)38-19-10-6-17(29)7-11-19/h3-14H,1-2H3,(H2,33,34,35,36). The second-order valence-electron chi connectivity index (χ2n) is 8.14. The van der Waals surface area contributed by atoms with Gasteiger partial charge in [-0.1, -0.05) is 52.6 Å². The summed E-state index contributed by atoms with van der Waals surface area (Å²) in [6, 6.07) is 19.7. The maximum absolute atomic E-state index is 14.0. The van der Waals surface area contributed by atoms with Crippen LogP contribution in [0.15, 0.2) is 82.6 Å². The van der Waals surface area contributed by atoms with Crippen LogP contribution in [0.5, 0.6) is 11.5 Å². The van der Waals surface area contributed by atoms with E-state index in [0.29, 0.717) is 38.4 Å². The summed E-state index contributed by atoms with van der Waals surface area (Å²) in [7, 11) is 0. The van der Waals surface area contributed by atoms with Crippen LogP contribution in [0, 0.1) is 19.7 Å². The summed E-state index contributed by atoms with van der Waals surface area (Å²) < 4.78 is 20.0. The Balaban J connectivity index is 1.44. The van der Waals surface area contributed by atoms with Crippen molar-refractivity contribution in [3.8, 4) is 11.5 Å². The van der Waals surface area contributed by atoms with Gasteiger partial charge in [-0.05, 0) is 91.7 Å². The lowest BCUT2D eigenvalue weighted by Gasteiger charge is -2.17. The van der Waals surface area contributed by atoms with E-state index in [4.69, 9.17) is 39.5 Å². The average molecular weight is 590 g/mol. The molecule has 0 saturated heterocycles.